The smallest absolute Gasteiger partial charge is 0.131 e. The minimum atomic E-state index is -0.00112. The molecule has 1 heteroatoms. The van der Waals surface area contributed by atoms with Gasteiger partial charge in [0.2, 0.25) is 0 Å². The third kappa shape index (κ3) is 1.90. The van der Waals surface area contributed by atoms with E-state index in [9.17, 15) is 0 Å². The fourth-order valence-electron chi connectivity index (χ4n) is 4.71. The first-order valence-electron chi connectivity index (χ1n) is 8.19. The summed E-state index contributed by atoms with van der Waals surface area (Å²) in [6.45, 7) is 7.18. The van der Waals surface area contributed by atoms with Crippen molar-refractivity contribution in [3.8, 4) is 5.75 Å². The Morgan fingerprint density at radius 2 is 1.81 bits per heavy atom. The predicted octanol–water partition coefficient (Wildman–Crippen LogP) is 5.36. The van der Waals surface area contributed by atoms with Gasteiger partial charge in [-0.25, -0.2) is 0 Å². The van der Waals surface area contributed by atoms with Crippen molar-refractivity contribution < 1.29 is 4.74 Å². The molecule has 4 rings (SSSR count). The summed E-state index contributed by atoms with van der Waals surface area (Å²) in [6, 6.07) is 13.1. The molecule has 1 saturated carbocycles. The quantitative estimate of drug-likeness (QED) is 0.631. The van der Waals surface area contributed by atoms with Gasteiger partial charge in [-0.3, -0.25) is 0 Å². The van der Waals surface area contributed by atoms with Gasteiger partial charge in [0.25, 0.3) is 0 Å². The van der Waals surface area contributed by atoms with Crippen LogP contribution in [0.5, 0.6) is 5.75 Å². The van der Waals surface area contributed by atoms with Crippen molar-refractivity contribution in [3.05, 3.63) is 42.0 Å². The van der Waals surface area contributed by atoms with Crippen LogP contribution in [0, 0.1) is 11.3 Å². The molecule has 2 atom stereocenters. The van der Waals surface area contributed by atoms with Gasteiger partial charge in [-0.15, -0.1) is 0 Å². The van der Waals surface area contributed by atoms with E-state index in [0.29, 0.717) is 11.3 Å². The molecule has 21 heavy (non-hydrogen) atoms. The van der Waals surface area contributed by atoms with Crippen LogP contribution in [0.1, 0.15) is 45.6 Å². The van der Waals surface area contributed by atoms with Crippen molar-refractivity contribution in [2.75, 3.05) is 0 Å². The summed E-state index contributed by atoms with van der Waals surface area (Å²) in [5.74, 6) is 1.76. The maximum absolute atomic E-state index is 6.67. The summed E-state index contributed by atoms with van der Waals surface area (Å²) < 4.78 is 6.67. The Bertz CT molecular complexity index is 700. The minimum Gasteiger partial charge on any atom is -0.486 e. The largest absolute Gasteiger partial charge is 0.486 e. The van der Waals surface area contributed by atoms with Crippen LogP contribution in [0.15, 0.2) is 36.4 Å². The zero-order valence-electron chi connectivity index (χ0n) is 13.3. The number of rotatable bonds is 0. The lowest BCUT2D eigenvalue weighted by Gasteiger charge is -2.53. The number of fused-ring (bicyclic) bond motifs is 4. The lowest BCUT2D eigenvalue weighted by molar-refractivity contribution is -0.0805. The van der Waals surface area contributed by atoms with E-state index in [-0.39, 0.29) is 5.60 Å². The van der Waals surface area contributed by atoms with E-state index in [1.807, 2.05) is 0 Å². The summed E-state index contributed by atoms with van der Waals surface area (Å²) in [5.41, 5.74) is 1.76. The molecule has 1 nitrogen and oxygen atoms in total. The molecule has 110 valence electrons. The van der Waals surface area contributed by atoms with Gasteiger partial charge in [-0.1, -0.05) is 50.2 Å². The maximum atomic E-state index is 6.67. The van der Waals surface area contributed by atoms with Gasteiger partial charge in [-0.05, 0) is 49.0 Å². The van der Waals surface area contributed by atoms with E-state index >= 15 is 0 Å². The number of benzene rings is 2. The Kier molecular flexibility index (Phi) is 2.67. The highest BCUT2D eigenvalue weighted by molar-refractivity contribution is 5.89. The SMILES string of the molecule is CC1(C)CCC[C@@]2(C)Oc3c(ccc4ccccc34)C[C@@H]12. The molecule has 2 aromatic carbocycles. The predicted molar refractivity (Wildman–Crippen MR) is 87.8 cm³/mol. The average Bonchev–Trinajstić information content (AvgIpc) is 2.45. The molecule has 1 aliphatic carbocycles. The van der Waals surface area contributed by atoms with Gasteiger partial charge in [0.15, 0.2) is 0 Å². The average molecular weight is 280 g/mol. The second-order valence-corrected chi connectivity index (χ2v) is 7.79. The van der Waals surface area contributed by atoms with Gasteiger partial charge in [0, 0.05) is 11.3 Å². The highest BCUT2D eigenvalue weighted by Gasteiger charge is 2.50. The topological polar surface area (TPSA) is 9.23 Å². The minimum absolute atomic E-state index is 0.00112. The van der Waals surface area contributed by atoms with E-state index in [4.69, 9.17) is 4.74 Å². The van der Waals surface area contributed by atoms with Crippen molar-refractivity contribution in [2.45, 2.75) is 52.1 Å². The molecule has 0 amide bonds. The van der Waals surface area contributed by atoms with Crippen molar-refractivity contribution in [2.24, 2.45) is 11.3 Å². The van der Waals surface area contributed by atoms with E-state index in [1.165, 1.54) is 35.6 Å². The van der Waals surface area contributed by atoms with Crippen LogP contribution in [-0.4, -0.2) is 5.60 Å². The Hall–Kier alpha value is -1.50. The van der Waals surface area contributed by atoms with Crippen LogP contribution in [0.2, 0.25) is 0 Å². The van der Waals surface area contributed by atoms with E-state index < -0.39 is 0 Å². The highest BCUT2D eigenvalue weighted by atomic mass is 16.5. The van der Waals surface area contributed by atoms with Gasteiger partial charge in [0.05, 0.1) is 0 Å². The fourth-order valence-corrected chi connectivity index (χ4v) is 4.71. The van der Waals surface area contributed by atoms with E-state index in [0.717, 1.165) is 12.2 Å². The first-order chi connectivity index (χ1) is 10.00. The zero-order valence-corrected chi connectivity index (χ0v) is 13.3. The molecule has 0 saturated heterocycles. The first-order valence-corrected chi connectivity index (χ1v) is 8.19. The van der Waals surface area contributed by atoms with Crippen LogP contribution in [0.3, 0.4) is 0 Å². The summed E-state index contributed by atoms with van der Waals surface area (Å²) in [4.78, 5) is 0. The molecule has 0 unspecified atom stereocenters. The van der Waals surface area contributed by atoms with Crippen LogP contribution in [0.4, 0.5) is 0 Å². The Morgan fingerprint density at radius 1 is 1.00 bits per heavy atom. The molecular weight excluding hydrogens is 256 g/mol. The molecule has 2 aromatic rings. The van der Waals surface area contributed by atoms with Crippen LogP contribution < -0.4 is 4.74 Å². The van der Waals surface area contributed by atoms with Gasteiger partial charge in [-0.2, -0.15) is 0 Å². The van der Waals surface area contributed by atoms with Crippen LogP contribution in [0.25, 0.3) is 10.8 Å². The van der Waals surface area contributed by atoms with Crippen molar-refractivity contribution in [3.63, 3.8) is 0 Å². The third-order valence-corrected chi connectivity index (χ3v) is 5.90. The molecule has 1 aliphatic heterocycles. The van der Waals surface area contributed by atoms with Crippen LogP contribution in [-0.2, 0) is 6.42 Å². The third-order valence-electron chi connectivity index (χ3n) is 5.90. The lowest BCUT2D eigenvalue weighted by Crippen LogP contribution is -2.53. The highest BCUT2D eigenvalue weighted by Crippen LogP contribution is 2.53. The standard InChI is InChI=1S/C20H24O/c1-19(2)11-6-12-20(3)17(19)13-15-10-9-14-7-4-5-8-16(14)18(15)21-20/h4-5,7-10,17H,6,11-13H2,1-3H3/t17-,20+/m0/s1. The summed E-state index contributed by atoms with van der Waals surface area (Å²) in [6.07, 6.45) is 4.94. The van der Waals surface area contributed by atoms with Crippen molar-refractivity contribution in [1.82, 2.24) is 0 Å². The van der Waals surface area contributed by atoms with Gasteiger partial charge < -0.3 is 4.74 Å². The molecule has 0 spiro atoms. The normalized spacial score (nSPS) is 30.3. The second kappa shape index (κ2) is 4.25. The summed E-state index contributed by atoms with van der Waals surface area (Å²) in [5, 5.41) is 2.56. The Labute approximate surface area is 127 Å². The Morgan fingerprint density at radius 3 is 2.67 bits per heavy atom. The second-order valence-electron chi connectivity index (χ2n) is 7.79. The molecular formula is C20H24O. The number of ether oxygens (including phenoxy) is 1. The van der Waals surface area contributed by atoms with E-state index in [2.05, 4.69) is 57.2 Å². The zero-order chi connectivity index (χ0) is 14.7. The summed E-state index contributed by atoms with van der Waals surface area (Å²) >= 11 is 0. The van der Waals surface area contributed by atoms with Gasteiger partial charge >= 0.3 is 0 Å². The molecule has 0 N–H and O–H groups in total. The van der Waals surface area contributed by atoms with E-state index in [1.54, 1.807) is 0 Å². The Balaban J connectivity index is 1.88. The monoisotopic (exact) mass is 280 g/mol. The van der Waals surface area contributed by atoms with Crippen molar-refractivity contribution >= 4 is 10.8 Å². The first kappa shape index (κ1) is 13.2. The maximum Gasteiger partial charge on any atom is 0.131 e. The molecule has 1 heterocycles. The molecule has 0 bridgehead atoms. The molecule has 0 aromatic heterocycles. The molecule has 2 aliphatic rings. The molecule has 1 fully saturated rings. The summed E-state index contributed by atoms with van der Waals surface area (Å²) in [7, 11) is 0. The lowest BCUT2D eigenvalue weighted by atomic mass is 9.59. The van der Waals surface area contributed by atoms with Crippen LogP contribution >= 0.6 is 0 Å². The molecule has 0 radical (unpaired) electrons. The van der Waals surface area contributed by atoms with Crippen molar-refractivity contribution in [1.29, 1.82) is 0 Å². The number of hydrogen-bond acceptors (Lipinski definition) is 1. The number of hydrogen-bond donors (Lipinski definition) is 0. The fraction of sp³-hybridized carbons (Fsp3) is 0.500. The van der Waals surface area contributed by atoms with Gasteiger partial charge in [0.1, 0.15) is 11.4 Å².